The van der Waals surface area contributed by atoms with E-state index in [4.69, 9.17) is 4.74 Å². The molecule has 0 heterocycles. The monoisotopic (exact) mass is 271 g/mol. The molecule has 1 aromatic rings. The summed E-state index contributed by atoms with van der Waals surface area (Å²) in [6.07, 6.45) is -2.13. The highest BCUT2D eigenvalue weighted by Crippen LogP contribution is 2.41. The SMILES string of the molecule is COc1ccc(C(NCC(O)C(F)F)C2CC2)cc1. The molecule has 1 aliphatic rings. The van der Waals surface area contributed by atoms with Crippen LogP contribution in [0.15, 0.2) is 24.3 Å². The fourth-order valence-corrected chi connectivity index (χ4v) is 2.13. The number of rotatable bonds is 7. The molecule has 1 fully saturated rings. The first kappa shape index (κ1) is 14.2. The first-order chi connectivity index (χ1) is 9.11. The molecule has 0 spiro atoms. The fraction of sp³-hybridized carbons (Fsp3) is 0.571. The smallest absolute Gasteiger partial charge is 0.265 e. The number of aliphatic hydroxyl groups excluding tert-OH is 1. The van der Waals surface area contributed by atoms with E-state index < -0.39 is 12.5 Å². The minimum absolute atomic E-state index is 0.0271. The molecule has 1 saturated carbocycles. The van der Waals surface area contributed by atoms with Crippen molar-refractivity contribution >= 4 is 0 Å². The molecular formula is C14H19F2NO2. The summed E-state index contributed by atoms with van der Waals surface area (Å²) in [4.78, 5) is 0. The van der Waals surface area contributed by atoms with Crippen LogP contribution in [-0.4, -0.2) is 31.3 Å². The van der Waals surface area contributed by atoms with Crippen molar-refractivity contribution in [2.45, 2.75) is 31.4 Å². The summed E-state index contributed by atoms with van der Waals surface area (Å²) in [7, 11) is 1.60. The van der Waals surface area contributed by atoms with Crippen LogP contribution in [-0.2, 0) is 0 Å². The van der Waals surface area contributed by atoms with Gasteiger partial charge in [-0.05, 0) is 36.5 Å². The van der Waals surface area contributed by atoms with Gasteiger partial charge in [0.2, 0.25) is 0 Å². The Morgan fingerprint density at radius 3 is 2.42 bits per heavy atom. The molecule has 0 aliphatic heterocycles. The Morgan fingerprint density at radius 1 is 1.32 bits per heavy atom. The predicted molar refractivity (Wildman–Crippen MR) is 68.5 cm³/mol. The third kappa shape index (κ3) is 3.88. The Morgan fingerprint density at radius 2 is 1.95 bits per heavy atom. The molecule has 5 heteroatoms. The first-order valence-corrected chi connectivity index (χ1v) is 6.45. The standard InChI is InChI=1S/C14H19F2NO2/c1-19-11-6-4-10(5-7-11)13(9-2-3-9)17-8-12(18)14(15)16/h4-7,9,12-14,17-18H,2-3,8H2,1H3. The van der Waals surface area contributed by atoms with Crippen molar-refractivity contribution in [3.63, 3.8) is 0 Å². The van der Waals surface area contributed by atoms with Crippen molar-refractivity contribution in [1.29, 1.82) is 0 Å². The molecule has 2 rings (SSSR count). The lowest BCUT2D eigenvalue weighted by molar-refractivity contribution is -0.00500. The van der Waals surface area contributed by atoms with E-state index in [9.17, 15) is 13.9 Å². The van der Waals surface area contributed by atoms with E-state index in [1.54, 1.807) is 7.11 Å². The number of benzene rings is 1. The zero-order chi connectivity index (χ0) is 13.8. The largest absolute Gasteiger partial charge is 0.497 e. The average molecular weight is 271 g/mol. The lowest BCUT2D eigenvalue weighted by Crippen LogP contribution is -2.35. The van der Waals surface area contributed by atoms with E-state index in [1.807, 2.05) is 24.3 Å². The van der Waals surface area contributed by atoms with Crippen molar-refractivity contribution in [1.82, 2.24) is 5.32 Å². The van der Waals surface area contributed by atoms with Gasteiger partial charge in [0.05, 0.1) is 7.11 Å². The van der Waals surface area contributed by atoms with Crippen LogP contribution >= 0.6 is 0 Å². The zero-order valence-electron chi connectivity index (χ0n) is 10.9. The van der Waals surface area contributed by atoms with E-state index in [0.29, 0.717) is 5.92 Å². The van der Waals surface area contributed by atoms with Gasteiger partial charge in [0.15, 0.2) is 0 Å². The highest BCUT2D eigenvalue weighted by molar-refractivity contribution is 5.30. The van der Waals surface area contributed by atoms with Crippen LogP contribution in [0.3, 0.4) is 0 Å². The average Bonchev–Trinajstić information content (AvgIpc) is 3.24. The van der Waals surface area contributed by atoms with Crippen molar-refractivity contribution in [2.24, 2.45) is 5.92 Å². The van der Waals surface area contributed by atoms with Gasteiger partial charge in [0.1, 0.15) is 11.9 Å². The lowest BCUT2D eigenvalue weighted by Gasteiger charge is -2.21. The Labute approximate surface area is 111 Å². The van der Waals surface area contributed by atoms with Gasteiger partial charge in [-0.3, -0.25) is 0 Å². The van der Waals surface area contributed by atoms with Crippen LogP contribution in [0.25, 0.3) is 0 Å². The number of halogens is 2. The van der Waals surface area contributed by atoms with Crippen LogP contribution < -0.4 is 10.1 Å². The van der Waals surface area contributed by atoms with Gasteiger partial charge in [0.25, 0.3) is 6.43 Å². The summed E-state index contributed by atoms with van der Waals surface area (Å²) in [6, 6.07) is 7.61. The number of nitrogens with one attached hydrogen (secondary N) is 1. The van der Waals surface area contributed by atoms with Crippen molar-refractivity contribution in [3.8, 4) is 5.75 Å². The fourth-order valence-electron chi connectivity index (χ4n) is 2.13. The van der Waals surface area contributed by atoms with E-state index in [0.717, 1.165) is 24.2 Å². The minimum atomic E-state index is -2.71. The summed E-state index contributed by atoms with van der Waals surface area (Å²) in [5.74, 6) is 1.24. The van der Waals surface area contributed by atoms with Gasteiger partial charge in [-0.25, -0.2) is 8.78 Å². The zero-order valence-corrected chi connectivity index (χ0v) is 10.9. The van der Waals surface area contributed by atoms with Gasteiger partial charge < -0.3 is 15.2 Å². The third-order valence-electron chi connectivity index (χ3n) is 3.41. The molecule has 106 valence electrons. The van der Waals surface area contributed by atoms with E-state index in [2.05, 4.69) is 5.32 Å². The number of hydrogen-bond acceptors (Lipinski definition) is 3. The molecule has 2 atom stereocenters. The van der Waals surface area contributed by atoms with Crippen LogP contribution in [0, 0.1) is 5.92 Å². The molecule has 0 amide bonds. The van der Waals surface area contributed by atoms with Gasteiger partial charge in [-0.15, -0.1) is 0 Å². The number of ether oxygens (including phenoxy) is 1. The quantitative estimate of drug-likeness (QED) is 0.800. The summed E-state index contributed by atoms with van der Waals surface area (Å²) >= 11 is 0. The van der Waals surface area contributed by atoms with Crippen molar-refractivity contribution < 1.29 is 18.6 Å². The first-order valence-electron chi connectivity index (χ1n) is 6.45. The van der Waals surface area contributed by atoms with Crippen LogP contribution in [0.2, 0.25) is 0 Å². The Hall–Kier alpha value is -1.20. The second-order valence-corrected chi connectivity index (χ2v) is 4.90. The van der Waals surface area contributed by atoms with Crippen LogP contribution in [0.5, 0.6) is 5.75 Å². The Balaban J connectivity index is 1.99. The minimum Gasteiger partial charge on any atom is -0.497 e. The molecule has 0 saturated heterocycles. The topological polar surface area (TPSA) is 41.5 Å². The van der Waals surface area contributed by atoms with Gasteiger partial charge in [0, 0.05) is 12.6 Å². The van der Waals surface area contributed by atoms with Crippen LogP contribution in [0.1, 0.15) is 24.4 Å². The molecule has 3 nitrogen and oxygen atoms in total. The van der Waals surface area contributed by atoms with Gasteiger partial charge >= 0.3 is 0 Å². The van der Waals surface area contributed by atoms with Gasteiger partial charge in [-0.2, -0.15) is 0 Å². The van der Waals surface area contributed by atoms with Crippen molar-refractivity contribution in [2.75, 3.05) is 13.7 Å². The Bertz CT molecular complexity index is 393. The molecule has 0 radical (unpaired) electrons. The molecular weight excluding hydrogens is 252 g/mol. The highest BCUT2D eigenvalue weighted by atomic mass is 19.3. The molecule has 0 bridgehead atoms. The lowest BCUT2D eigenvalue weighted by atomic mass is 10.0. The second kappa shape index (κ2) is 6.30. The second-order valence-electron chi connectivity index (χ2n) is 4.90. The predicted octanol–water partition coefficient (Wildman–Crippen LogP) is 2.36. The molecule has 0 aromatic heterocycles. The summed E-state index contributed by atoms with van der Waals surface area (Å²) in [5, 5.41) is 12.2. The number of alkyl halides is 2. The normalized spacial score (nSPS) is 18.4. The summed E-state index contributed by atoms with van der Waals surface area (Å²) in [6.45, 7) is -0.0924. The maximum atomic E-state index is 12.3. The number of hydrogen-bond donors (Lipinski definition) is 2. The molecule has 1 aliphatic carbocycles. The molecule has 2 N–H and O–H groups in total. The molecule has 2 unspecified atom stereocenters. The van der Waals surface area contributed by atoms with E-state index >= 15 is 0 Å². The highest BCUT2D eigenvalue weighted by Gasteiger charge is 2.32. The number of aliphatic hydroxyl groups is 1. The van der Waals surface area contributed by atoms with Gasteiger partial charge in [-0.1, -0.05) is 12.1 Å². The Kier molecular flexibility index (Phi) is 4.71. The molecule has 19 heavy (non-hydrogen) atoms. The van der Waals surface area contributed by atoms with Crippen molar-refractivity contribution in [3.05, 3.63) is 29.8 Å². The maximum Gasteiger partial charge on any atom is 0.265 e. The number of methoxy groups -OCH3 is 1. The van der Waals surface area contributed by atoms with E-state index in [-0.39, 0.29) is 12.6 Å². The molecule has 1 aromatic carbocycles. The maximum absolute atomic E-state index is 12.3. The van der Waals surface area contributed by atoms with E-state index in [1.165, 1.54) is 0 Å². The third-order valence-corrected chi connectivity index (χ3v) is 3.41. The van der Waals surface area contributed by atoms with Crippen LogP contribution in [0.4, 0.5) is 8.78 Å². The summed E-state index contributed by atoms with van der Waals surface area (Å²) < 4.78 is 29.7. The summed E-state index contributed by atoms with van der Waals surface area (Å²) in [5.41, 5.74) is 1.05.